The monoisotopic (exact) mass is 543 g/mol. The molecule has 0 unspecified atom stereocenters. The van der Waals surface area contributed by atoms with Crippen LogP contribution < -0.4 is 15.8 Å². The number of piperidine rings is 2. The molecule has 1 aromatic carbocycles. The number of aliphatic imine (C=N–C) groups is 1. The lowest BCUT2D eigenvalue weighted by Crippen LogP contribution is -2.47. The Balaban J connectivity index is 0.00000341. The number of benzene rings is 1. The van der Waals surface area contributed by atoms with E-state index in [1.165, 1.54) is 0 Å². The van der Waals surface area contributed by atoms with Gasteiger partial charge >= 0.3 is 0 Å². The molecule has 2 heterocycles. The maximum atomic E-state index is 11.3. The van der Waals surface area contributed by atoms with Crippen molar-refractivity contribution in [3.05, 3.63) is 30.3 Å². The fraction of sp³-hybridized carbons (Fsp3) is 0.652. The number of guanidine groups is 1. The number of halogens is 1. The second kappa shape index (κ2) is 13.8. The molecule has 8 heteroatoms. The number of primary amides is 1. The number of rotatable bonds is 8. The van der Waals surface area contributed by atoms with Crippen molar-refractivity contribution in [3.8, 4) is 5.75 Å². The fourth-order valence-electron chi connectivity index (χ4n) is 4.31. The molecule has 174 valence electrons. The average molecular weight is 543 g/mol. The summed E-state index contributed by atoms with van der Waals surface area (Å²) in [5.74, 6) is 1.89. The normalized spacial score (nSPS) is 19.0. The summed E-state index contributed by atoms with van der Waals surface area (Å²) < 4.78 is 6.09. The first-order valence-electron chi connectivity index (χ1n) is 11.3. The first kappa shape index (κ1) is 25.7. The summed E-state index contributed by atoms with van der Waals surface area (Å²) in [6.07, 6.45) is 6.38. The number of amides is 1. The second-order valence-corrected chi connectivity index (χ2v) is 8.32. The minimum Gasteiger partial charge on any atom is -0.490 e. The maximum Gasteiger partial charge on any atom is 0.220 e. The lowest BCUT2D eigenvalue weighted by Gasteiger charge is -2.34. The van der Waals surface area contributed by atoms with Crippen molar-refractivity contribution in [3.63, 3.8) is 0 Å². The van der Waals surface area contributed by atoms with Crippen LogP contribution in [0.5, 0.6) is 5.75 Å². The highest BCUT2D eigenvalue weighted by molar-refractivity contribution is 14.0. The zero-order valence-corrected chi connectivity index (χ0v) is 21.0. The lowest BCUT2D eigenvalue weighted by molar-refractivity contribution is -0.123. The van der Waals surface area contributed by atoms with Crippen molar-refractivity contribution >= 4 is 35.8 Å². The number of nitrogens with one attached hydrogen (secondary N) is 1. The van der Waals surface area contributed by atoms with Crippen LogP contribution in [0.2, 0.25) is 0 Å². The summed E-state index contributed by atoms with van der Waals surface area (Å²) >= 11 is 0. The van der Waals surface area contributed by atoms with Gasteiger partial charge in [-0.3, -0.25) is 9.79 Å². The number of nitrogens with two attached hydrogens (primary N) is 1. The molecule has 0 aliphatic carbocycles. The smallest absolute Gasteiger partial charge is 0.220 e. The Kier molecular flexibility index (Phi) is 11.4. The van der Waals surface area contributed by atoms with Crippen LogP contribution in [-0.2, 0) is 4.79 Å². The predicted molar refractivity (Wildman–Crippen MR) is 136 cm³/mol. The van der Waals surface area contributed by atoms with Crippen LogP contribution >= 0.6 is 24.0 Å². The fourth-order valence-corrected chi connectivity index (χ4v) is 4.31. The quantitative estimate of drug-likeness (QED) is 0.228. The molecule has 2 saturated heterocycles. The van der Waals surface area contributed by atoms with Gasteiger partial charge in [-0.2, -0.15) is 0 Å². The molecule has 0 bridgehead atoms. The molecule has 2 aliphatic rings. The van der Waals surface area contributed by atoms with Crippen LogP contribution in [-0.4, -0.2) is 74.1 Å². The molecule has 0 aromatic heterocycles. The number of para-hydroxylation sites is 1. The third-order valence-electron chi connectivity index (χ3n) is 6.17. The first-order chi connectivity index (χ1) is 14.7. The van der Waals surface area contributed by atoms with E-state index in [0.29, 0.717) is 0 Å². The van der Waals surface area contributed by atoms with Gasteiger partial charge in [0.2, 0.25) is 5.91 Å². The molecular formula is C23H38IN5O2. The number of unbranched alkanes of at least 4 members (excludes halogenated alkanes) is 1. The summed E-state index contributed by atoms with van der Waals surface area (Å²) in [7, 11) is 1.86. The van der Waals surface area contributed by atoms with E-state index in [1.54, 1.807) is 0 Å². The molecule has 0 saturated carbocycles. The van der Waals surface area contributed by atoms with E-state index in [9.17, 15) is 4.79 Å². The average Bonchev–Trinajstić information content (AvgIpc) is 2.78. The number of ether oxygens (including phenoxy) is 1. The number of nitrogens with zero attached hydrogens (tertiary/aromatic N) is 3. The highest BCUT2D eigenvalue weighted by Crippen LogP contribution is 2.19. The van der Waals surface area contributed by atoms with E-state index >= 15 is 0 Å². The van der Waals surface area contributed by atoms with Crippen LogP contribution in [0.15, 0.2) is 35.3 Å². The first-order valence-corrected chi connectivity index (χ1v) is 11.3. The molecule has 0 radical (unpaired) electrons. The Bertz CT molecular complexity index is 672. The van der Waals surface area contributed by atoms with E-state index < -0.39 is 0 Å². The van der Waals surface area contributed by atoms with Gasteiger partial charge in [-0.1, -0.05) is 18.2 Å². The van der Waals surface area contributed by atoms with Gasteiger partial charge in [0.05, 0.1) is 0 Å². The van der Waals surface area contributed by atoms with Crippen LogP contribution in [0.25, 0.3) is 0 Å². The van der Waals surface area contributed by atoms with Gasteiger partial charge in [-0.05, 0) is 57.5 Å². The number of carbonyl (C=O) groups is 1. The van der Waals surface area contributed by atoms with Gasteiger partial charge in [0.25, 0.3) is 0 Å². The zero-order chi connectivity index (χ0) is 21.2. The molecule has 0 spiro atoms. The Hall–Kier alpha value is -1.55. The number of carbonyl (C=O) groups excluding carboxylic acids is 1. The largest absolute Gasteiger partial charge is 0.490 e. The highest BCUT2D eigenvalue weighted by Gasteiger charge is 2.23. The molecule has 2 aliphatic heterocycles. The molecule has 1 amide bonds. The Morgan fingerprint density at radius 1 is 1.10 bits per heavy atom. The van der Waals surface area contributed by atoms with Gasteiger partial charge in [-0.15, -0.1) is 24.0 Å². The van der Waals surface area contributed by atoms with Crippen LogP contribution in [0.4, 0.5) is 0 Å². The number of hydrogen-bond acceptors (Lipinski definition) is 4. The van der Waals surface area contributed by atoms with Crippen LogP contribution in [0.1, 0.15) is 38.5 Å². The molecule has 3 N–H and O–H groups in total. The summed E-state index contributed by atoms with van der Waals surface area (Å²) in [4.78, 5) is 20.5. The summed E-state index contributed by atoms with van der Waals surface area (Å²) in [5, 5.41) is 3.52. The molecule has 3 rings (SSSR count). The van der Waals surface area contributed by atoms with Crippen molar-refractivity contribution in [1.29, 1.82) is 0 Å². The lowest BCUT2D eigenvalue weighted by atomic mass is 9.96. The SMILES string of the molecule is CN=C(NCCCCN1CCC(C(N)=O)CC1)N1CCC(Oc2ccccc2)CC1.I. The van der Waals surface area contributed by atoms with Crippen molar-refractivity contribution in [1.82, 2.24) is 15.1 Å². The van der Waals surface area contributed by atoms with Gasteiger partial charge in [-0.25, -0.2) is 0 Å². The second-order valence-electron chi connectivity index (χ2n) is 8.32. The van der Waals surface area contributed by atoms with Gasteiger partial charge in [0.15, 0.2) is 5.96 Å². The minimum absolute atomic E-state index is 0. The highest BCUT2D eigenvalue weighted by atomic mass is 127. The summed E-state index contributed by atoms with van der Waals surface area (Å²) in [6, 6.07) is 10.1. The van der Waals surface area contributed by atoms with Crippen molar-refractivity contribution in [2.45, 2.75) is 44.6 Å². The third kappa shape index (κ3) is 8.48. The third-order valence-corrected chi connectivity index (χ3v) is 6.17. The predicted octanol–water partition coefficient (Wildman–Crippen LogP) is 2.70. The standard InChI is InChI=1S/C23H37N5O2.HI/c1-25-23(26-13-5-6-14-27-15-9-19(10-16-27)22(24)29)28-17-11-21(12-18-28)30-20-7-3-2-4-8-20;/h2-4,7-8,19,21H,5-6,9-18H2,1H3,(H2,24,29)(H,25,26);1H. The van der Waals surface area contributed by atoms with E-state index in [0.717, 1.165) is 89.5 Å². The molecule has 31 heavy (non-hydrogen) atoms. The number of likely N-dealkylation sites (tertiary alicyclic amines) is 2. The molecular weight excluding hydrogens is 505 g/mol. The van der Waals surface area contributed by atoms with Crippen molar-refractivity contribution in [2.24, 2.45) is 16.6 Å². The Labute approximate surface area is 203 Å². The molecule has 2 fully saturated rings. The topological polar surface area (TPSA) is 83.2 Å². The van der Waals surface area contributed by atoms with Crippen molar-refractivity contribution in [2.75, 3.05) is 46.3 Å². The van der Waals surface area contributed by atoms with Gasteiger partial charge < -0.3 is 25.6 Å². The molecule has 1 aromatic rings. The van der Waals surface area contributed by atoms with Crippen molar-refractivity contribution < 1.29 is 9.53 Å². The van der Waals surface area contributed by atoms with Crippen LogP contribution in [0.3, 0.4) is 0 Å². The van der Waals surface area contributed by atoms with Gasteiger partial charge in [0.1, 0.15) is 11.9 Å². The number of hydrogen-bond donors (Lipinski definition) is 2. The van der Waals surface area contributed by atoms with E-state index in [1.807, 2.05) is 37.4 Å². The minimum atomic E-state index is -0.138. The molecule has 7 nitrogen and oxygen atoms in total. The van der Waals surface area contributed by atoms with Gasteiger partial charge in [0, 0.05) is 45.4 Å². The summed E-state index contributed by atoms with van der Waals surface area (Å²) in [5.41, 5.74) is 5.41. The van der Waals surface area contributed by atoms with E-state index in [2.05, 4.69) is 20.1 Å². The van der Waals surface area contributed by atoms with Crippen LogP contribution in [0, 0.1) is 5.92 Å². The summed E-state index contributed by atoms with van der Waals surface area (Å²) in [6.45, 7) is 5.93. The van der Waals surface area contributed by atoms with E-state index in [4.69, 9.17) is 10.5 Å². The zero-order valence-electron chi connectivity index (χ0n) is 18.7. The van der Waals surface area contributed by atoms with E-state index in [-0.39, 0.29) is 41.9 Å². The Morgan fingerprint density at radius 2 is 1.77 bits per heavy atom. The molecule has 0 atom stereocenters. The maximum absolute atomic E-state index is 11.3. The Morgan fingerprint density at radius 3 is 2.39 bits per heavy atom.